The molecule has 2 amide bonds. The number of carbonyl (C=O) groups is 2. The number of hydrogen-bond acceptors (Lipinski definition) is 3. The number of piperazine rings is 1. The largest absolute Gasteiger partial charge is 0.336 e. The van der Waals surface area contributed by atoms with Gasteiger partial charge in [0.15, 0.2) is 0 Å². The topological polar surface area (TPSA) is 45.6 Å². The Kier molecular flexibility index (Phi) is 6.24. The van der Waals surface area contributed by atoms with Gasteiger partial charge < -0.3 is 14.4 Å². The van der Waals surface area contributed by atoms with Crippen molar-refractivity contribution >= 4 is 33.4 Å². The monoisotopic (exact) mass is 471 g/mol. The lowest BCUT2D eigenvalue weighted by atomic mass is 10.1. The number of thiophene rings is 1. The molecule has 2 atom stereocenters. The molecule has 2 aromatic heterocycles. The van der Waals surface area contributed by atoms with Crippen LogP contribution in [-0.2, 0) is 11.2 Å². The second-order valence-electron chi connectivity index (χ2n) is 9.02. The zero-order valence-corrected chi connectivity index (χ0v) is 20.4. The molecule has 3 heterocycles. The van der Waals surface area contributed by atoms with Gasteiger partial charge in [0.2, 0.25) is 5.91 Å². The maximum Gasteiger partial charge on any atom is 0.270 e. The Morgan fingerprint density at radius 2 is 1.71 bits per heavy atom. The molecule has 2 aromatic carbocycles. The van der Waals surface area contributed by atoms with Crippen molar-refractivity contribution in [3.05, 3.63) is 95.0 Å². The molecule has 1 saturated heterocycles. The average molecular weight is 472 g/mol. The summed E-state index contributed by atoms with van der Waals surface area (Å²) < 4.78 is 2.18. The highest BCUT2D eigenvalue weighted by Gasteiger charge is 2.32. The van der Waals surface area contributed by atoms with E-state index in [0.717, 1.165) is 21.5 Å². The van der Waals surface area contributed by atoms with Crippen LogP contribution in [0.3, 0.4) is 0 Å². The molecule has 4 aromatic rings. The summed E-state index contributed by atoms with van der Waals surface area (Å²) in [6.07, 6.45) is 0.396. The number of amides is 2. The van der Waals surface area contributed by atoms with Gasteiger partial charge in [0.1, 0.15) is 10.5 Å². The Morgan fingerprint density at radius 1 is 1.00 bits per heavy atom. The first-order valence-corrected chi connectivity index (χ1v) is 12.7. The van der Waals surface area contributed by atoms with Crippen molar-refractivity contribution in [2.75, 3.05) is 19.6 Å². The highest BCUT2D eigenvalue weighted by Crippen LogP contribution is 2.32. The zero-order valence-electron chi connectivity index (χ0n) is 19.6. The molecule has 0 spiro atoms. The number of hydrogen-bond donors (Lipinski definition) is 0. The molecule has 0 aliphatic carbocycles. The molecule has 1 aliphatic rings. The van der Waals surface area contributed by atoms with Crippen LogP contribution in [0.15, 0.2) is 78.2 Å². The van der Waals surface area contributed by atoms with Gasteiger partial charge in [-0.25, -0.2) is 0 Å². The van der Waals surface area contributed by atoms with Crippen LogP contribution in [0.2, 0.25) is 0 Å². The standard InChI is InChI=1S/C28H29N3O2S/c1-20-19-29(14-15-30(20)26(32)17-22-9-5-3-6-10-22)27(33)25-18-24-13-16-34-28(24)31(25)21(2)23-11-7-4-8-12-23/h3-13,16,18,20-21H,14-15,17,19H2,1-2H3/t20-,21-/m0/s1. The molecule has 5 rings (SSSR count). The molecule has 0 unspecified atom stereocenters. The molecular weight excluding hydrogens is 442 g/mol. The Hall–Kier alpha value is -3.38. The van der Waals surface area contributed by atoms with Gasteiger partial charge in [-0.3, -0.25) is 9.59 Å². The first-order valence-electron chi connectivity index (χ1n) is 11.8. The summed E-state index contributed by atoms with van der Waals surface area (Å²) in [5, 5.41) is 3.17. The summed E-state index contributed by atoms with van der Waals surface area (Å²) in [5.41, 5.74) is 2.91. The fourth-order valence-electron chi connectivity index (χ4n) is 4.92. The predicted molar refractivity (Wildman–Crippen MR) is 137 cm³/mol. The highest BCUT2D eigenvalue weighted by atomic mass is 32.1. The zero-order chi connectivity index (χ0) is 23.7. The van der Waals surface area contributed by atoms with Crippen molar-refractivity contribution in [3.8, 4) is 0 Å². The number of rotatable bonds is 5. The molecule has 6 heteroatoms. The van der Waals surface area contributed by atoms with Gasteiger partial charge in [-0.1, -0.05) is 60.7 Å². The van der Waals surface area contributed by atoms with Gasteiger partial charge in [-0.05, 0) is 42.5 Å². The lowest BCUT2D eigenvalue weighted by Crippen LogP contribution is -2.56. The van der Waals surface area contributed by atoms with E-state index in [1.807, 2.05) is 71.3 Å². The van der Waals surface area contributed by atoms with Crippen molar-refractivity contribution < 1.29 is 9.59 Å². The summed E-state index contributed by atoms with van der Waals surface area (Å²) in [7, 11) is 0. The Balaban J connectivity index is 1.35. The van der Waals surface area contributed by atoms with E-state index in [1.54, 1.807) is 11.3 Å². The van der Waals surface area contributed by atoms with Gasteiger partial charge >= 0.3 is 0 Å². The van der Waals surface area contributed by atoms with E-state index in [-0.39, 0.29) is 23.9 Å². The minimum Gasteiger partial charge on any atom is -0.336 e. The molecule has 0 bridgehead atoms. The summed E-state index contributed by atoms with van der Waals surface area (Å²) in [5.74, 6) is 0.153. The van der Waals surface area contributed by atoms with Gasteiger partial charge in [0, 0.05) is 31.1 Å². The number of carbonyl (C=O) groups excluding carboxylic acids is 2. The number of aromatic nitrogens is 1. The number of fused-ring (bicyclic) bond motifs is 1. The third kappa shape index (κ3) is 4.26. The molecule has 34 heavy (non-hydrogen) atoms. The number of benzene rings is 2. The third-order valence-corrected chi connectivity index (χ3v) is 7.69. The molecule has 5 nitrogen and oxygen atoms in total. The van der Waals surface area contributed by atoms with Crippen LogP contribution < -0.4 is 0 Å². The third-order valence-electron chi connectivity index (χ3n) is 6.77. The average Bonchev–Trinajstić information content (AvgIpc) is 3.45. The summed E-state index contributed by atoms with van der Waals surface area (Å²) >= 11 is 1.67. The van der Waals surface area contributed by atoms with E-state index in [4.69, 9.17) is 0 Å². The van der Waals surface area contributed by atoms with E-state index >= 15 is 0 Å². The molecule has 0 radical (unpaired) electrons. The maximum absolute atomic E-state index is 13.7. The van der Waals surface area contributed by atoms with Crippen LogP contribution in [0.5, 0.6) is 0 Å². The van der Waals surface area contributed by atoms with Gasteiger partial charge in [-0.15, -0.1) is 11.3 Å². The van der Waals surface area contributed by atoms with Crippen molar-refractivity contribution in [2.24, 2.45) is 0 Å². The Bertz CT molecular complexity index is 1300. The molecule has 1 aliphatic heterocycles. The molecule has 174 valence electrons. The second-order valence-corrected chi connectivity index (χ2v) is 9.91. The quantitative estimate of drug-likeness (QED) is 0.400. The fourth-order valence-corrected chi connectivity index (χ4v) is 5.90. The first kappa shape index (κ1) is 22.4. The van der Waals surface area contributed by atoms with E-state index in [9.17, 15) is 9.59 Å². The molecular formula is C28H29N3O2S. The van der Waals surface area contributed by atoms with Crippen LogP contribution >= 0.6 is 11.3 Å². The minimum atomic E-state index is -0.0232. The molecule has 0 saturated carbocycles. The van der Waals surface area contributed by atoms with Crippen LogP contribution in [0.25, 0.3) is 10.2 Å². The Labute approximate surface area is 204 Å². The fraction of sp³-hybridized carbons (Fsp3) is 0.286. The predicted octanol–water partition coefficient (Wildman–Crippen LogP) is 5.23. The van der Waals surface area contributed by atoms with E-state index < -0.39 is 0 Å². The molecule has 0 N–H and O–H groups in total. The summed E-state index contributed by atoms with van der Waals surface area (Å²) in [6, 6.07) is 24.3. The van der Waals surface area contributed by atoms with Gasteiger partial charge in [0.25, 0.3) is 5.91 Å². The van der Waals surface area contributed by atoms with Crippen LogP contribution in [0.4, 0.5) is 0 Å². The van der Waals surface area contributed by atoms with E-state index in [2.05, 4.69) is 35.1 Å². The number of nitrogens with zero attached hydrogens (tertiary/aromatic N) is 3. The smallest absolute Gasteiger partial charge is 0.270 e. The second kappa shape index (κ2) is 9.47. The SMILES string of the molecule is C[C@H]1CN(C(=O)c2cc3ccsc3n2[C@@H](C)c2ccccc2)CCN1C(=O)Cc1ccccc1. The van der Waals surface area contributed by atoms with Crippen LogP contribution in [0, 0.1) is 0 Å². The normalized spacial score (nSPS) is 17.2. The van der Waals surface area contributed by atoms with Crippen molar-refractivity contribution in [3.63, 3.8) is 0 Å². The lowest BCUT2D eigenvalue weighted by molar-refractivity contribution is -0.134. The van der Waals surface area contributed by atoms with Crippen molar-refractivity contribution in [2.45, 2.75) is 32.4 Å². The van der Waals surface area contributed by atoms with Gasteiger partial charge in [0.05, 0.1) is 12.5 Å². The van der Waals surface area contributed by atoms with E-state index in [0.29, 0.717) is 26.1 Å². The van der Waals surface area contributed by atoms with Crippen LogP contribution in [0.1, 0.15) is 41.5 Å². The maximum atomic E-state index is 13.7. The van der Waals surface area contributed by atoms with Gasteiger partial charge in [-0.2, -0.15) is 0 Å². The van der Waals surface area contributed by atoms with Crippen LogP contribution in [-0.4, -0.2) is 51.9 Å². The Morgan fingerprint density at radius 3 is 2.41 bits per heavy atom. The first-order chi connectivity index (χ1) is 16.5. The summed E-state index contributed by atoms with van der Waals surface area (Å²) in [6.45, 7) is 5.82. The van der Waals surface area contributed by atoms with Crippen molar-refractivity contribution in [1.29, 1.82) is 0 Å². The van der Waals surface area contributed by atoms with Crippen molar-refractivity contribution in [1.82, 2.24) is 14.4 Å². The molecule has 1 fully saturated rings. The summed E-state index contributed by atoms with van der Waals surface area (Å²) in [4.78, 5) is 31.6. The van der Waals surface area contributed by atoms with E-state index in [1.165, 1.54) is 5.56 Å². The highest BCUT2D eigenvalue weighted by molar-refractivity contribution is 7.16. The lowest BCUT2D eigenvalue weighted by Gasteiger charge is -2.40. The minimum absolute atomic E-state index is 0.0232.